The van der Waals surface area contributed by atoms with Gasteiger partial charge in [-0.15, -0.1) is 0 Å². The Morgan fingerprint density at radius 3 is 2.47 bits per heavy atom. The van der Waals surface area contributed by atoms with Crippen LogP contribution in [0.3, 0.4) is 0 Å². The molecule has 1 unspecified atom stereocenters. The van der Waals surface area contributed by atoms with Crippen LogP contribution in [-0.4, -0.2) is 62.1 Å². The highest BCUT2D eigenvalue weighted by Crippen LogP contribution is 2.38. The molecule has 1 N–H and O–H groups in total. The first-order valence-corrected chi connectivity index (χ1v) is 13.6. The standard InChI is InChI=1S/C26H28N4O7S/c1-16-22(17(2)37-28-16)15-30-23-14-20(6-9-24(23)36-18(3)26(30)32)27-25(31)19-4-7-21(8-5-19)38(33,34)29-10-12-35-13-11-29/h4-9,14,18H,10-13,15H2,1-3H3,(H,27,31). The normalized spacial score (nSPS) is 18.1. The first-order chi connectivity index (χ1) is 18.1. The van der Waals surface area contributed by atoms with Gasteiger partial charge in [-0.2, -0.15) is 4.31 Å². The second-order valence-electron chi connectivity index (χ2n) is 9.16. The predicted octanol–water partition coefficient (Wildman–Crippen LogP) is 2.88. The zero-order chi connectivity index (χ0) is 27.0. The molecule has 1 atom stereocenters. The van der Waals surface area contributed by atoms with Gasteiger partial charge in [-0.05, 0) is 63.2 Å². The Balaban J connectivity index is 1.35. The molecule has 1 fully saturated rings. The van der Waals surface area contributed by atoms with Crippen molar-refractivity contribution < 1.29 is 32.0 Å². The lowest BCUT2D eigenvalue weighted by molar-refractivity contribution is -0.125. The molecule has 0 radical (unpaired) electrons. The number of nitrogens with zero attached hydrogens (tertiary/aromatic N) is 3. The van der Waals surface area contributed by atoms with Crippen LogP contribution < -0.4 is 15.0 Å². The van der Waals surface area contributed by atoms with Crippen molar-refractivity contribution in [3.05, 3.63) is 65.0 Å². The fraction of sp³-hybridized carbons (Fsp3) is 0.346. The monoisotopic (exact) mass is 540 g/mol. The lowest BCUT2D eigenvalue weighted by atomic mass is 10.1. The number of fused-ring (bicyclic) bond motifs is 1. The summed E-state index contributed by atoms with van der Waals surface area (Å²) >= 11 is 0. The molecule has 3 aromatic rings. The van der Waals surface area contributed by atoms with Gasteiger partial charge in [0.25, 0.3) is 11.8 Å². The number of amides is 2. The van der Waals surface area contributed by atoms with Crippen LogP contribution in [0.25, 0.3) is 0 Å². The highest BCUT2D eigenvalue weighted by molar-refractivity contribution is 7.89. The van der Waals surface area contributed by atoms with E-state index in [1.807, 2.05) is 6.92 Å². The summed E-state index contributed by atoms with van der Waals surface area (Å²) in [4.78, 5) is 27.7. The summed E-state index contributed by atoms with van der Waals surface area (Å²) in [5, 5.41) is 6.79. The molecule has 1 saturated heterocycles. The molecule has 200 valence electrons. The van der Waals surface area contributed by atoms with E-state index in [4.69, 9.17) is 14.0 Å². The Labute approximate surface area is 220 Å². The third-order valence-corrected chi connectivity index (χ3v) is 8.56. The molecule has 0 aliphatic carbocycles. The summed E-state index contributed by atoms with van der Waals surface area (Å²) in [7, 11) is -3.66. The Morgan fingerprint density at radius 2 is 1.82 bits per heavy atom. The van der Waals surface area contributed by atoms with E-state index in [-0.39, 0.29) is 22.9 Å². The molecule has 5 rings (SSSR count). The van der Waals surface area contributed by atoms with E-state index in [9.17, 15) is 18.0 Å². The molecule has 2 aromatic carbocycles. The number of morpholine rings is 1. The molecular weight excluding hydrogens is 512 g/mol. The molecule has 38 heavy (non-hydrogen) atoms. The maximum atomic E-state index is 13.0. The molecule has 0 spiro atoms. The zero-order valence-electron chi connectivity index (χ0n) is 21.3. The Morgan fingerprint density at radius 1 is 1.11 bits per heavy atom. The van der Waals surface area contributed by atoms with Gasteiger partial charge >= 0.3 is 0 Å². The van der Waals surface area contributed by atoms with E-state index in [1.54, 1.807) is 36.9 Å². The first kappa shape index (κ1) is 25.9. The number of nitrogens with one attached hydrogen (secondary N) is 1. The molecule has 2 aliphatic rings. The van der Waals surface area contributed by atoms with Gasteiger partial charge in [0, 0.05) is 29.9 Å². The van der Waals surface area contributed by atoms with Crippen molar-refractivity contribution in [1.82, 2.24) is 9.46 Å². The largest absolute Gasteiger partial charge is 0.479 e. The number of aryl methyl sites for hydroxylation is 2. The molecule has 0 saturated carbocycles. The van der Waals surface area contributed by atoms with E-state index in [1.165, 1.54) is 28.6 Å². The van der Waals surface area contributed by atoms with Crippen LogP contribution in [0.4, 0.5) is 11.4 Å². The van der Waals surface area contributed by atoms with Crippen molar-refractivity contribution in [3.63, 3.8) is 0 Å². The average Bonchev–Trinajstić information content (AvgIpc) is 3.24. The van der Waals surface area contributed by atoms with Crippen LogP contribution >= 0.6 is 0 Å². The fourth-order valence-corrected chi connectivity index (χ4v) is 5.86. The molecule has 3 heterocycles. The van der Waals surface area contributed by atoms with E-state index in [0.29, 0.717) is 54.9 Å². The maximum absolute atomic E-state index is 13.0. The minimum atomic E-state index is -3.66. The summed E-state index contributed by atoms with van der Waals surface area (Å²) in [6.07, 6.45) is -0.671. The van der Waals surface area contributed by atoms with Crippen molar-refractivity contribution in [2.75, 3.05) is 36.5 Å². The molecule has 2 amide bonds. The predicted molar refractivity (Wildman–Crippen MR) is 138 cm³/mol. The molecule has 11 nitrogen and oxygen atoms in total. The molecule has 12 heteroatoms. The number of ether oxygens (including phenoxy) is 2. The Bertz CT molecular complexity index is 1460. The van der Waals surface area contributed by atoms with Gasteiger partial charge in [0.1, 0.15) is 11.5 Å². The number of hydrogen-bond donors (Lipinski definition) is 1. The van der Waals surface area contributed by atoms with Gasteiger partial charge in [-0.25, -0.2) is 8.42 Å². The topological polar surface area (TPSA) is 131 Å². The van der Waals surface area contributed by atoms with Crippen LogP contribution in [0.5, 0.6) is 5.75 Å². The molecule has 2 aliphatic heterocycles. The first-order valence-electron chi connectivity index (χ1n) is 12.2. The number of benzene rings is 2. The van der Waals surface area contributed by atoms with Crippen LogP contribution in [0.1, 0.15) is 34.3 Å². The minimum Gasteiger partial charge on any atom is -0.479 e. The number of hydrogen-bond acceptors (Lipinski definition) is 8. The number of sulfonamides is 1. The third-order valence-electron chi connectivity index (χ3n) is 6.65. The smallest absolute Gasteiger partial charge is 0.268 e. The summed E-state index contributed by atoms with van der Waals surface area (Å²) in [5.41, 5.74) is 2.75. The highest BCUT2D eigenvalue weighted by atomic mass is 32.2. The molecule has 1 aromatic heterocycles. The van der Waals surface area contributed by atoms with Crippen molar-refractivity contribution in [2.24, 2.45) is 0 Å². The number of carbonyl (C=O) groups excluding carboxylic acids is 2. The zero-order valence-corrected chi connectivity index (χ0v) is 22.1. The Hall–Kier alpha value is -3.74. The van der Waals surface area contributed by atoms with Crippen LogP contribution in [0, 0.1) is 13.8 Å². The van der Waals surface area contributed by atoms with Gasteiger partial charge in [0.15, 0.2) is 6.10 Å². The van der Waals surface area contributed by atoms with Gasteiger partial charge in [0.2, 0.25) is 10.0 Å². The van der Waals surface area contributed by atoms with E-state index < -0.39 is 22.0 Å². The lowest BCUT2D eigenvalue weighted by Gasteiger charge is -2.33. The van der Waals surface area contributed by atoms with Crippen molar-refractivity contribution in [1.29, 1.82) is 0 Å². The number of rotatable bonds is 6. The number of carbonyl (C=O) groups is 2. The summed E-state index contributed by atoms with van der Waals surface area (Å²) in [6.45, 7) is 6.83. The average molecular weight is 541 g/mol. The second kappa shape index (κ2) is 10.2. The van der Waals surface area contributed by atoms with Crippen molar-refractivity contribution in [3.8, 4) is 5.75 Å². The SMILES string of the molecule is Cc1noc(C)c1CN1C(=O)C(C)Oc2ccc(NC(=O)c3ccc(S(=O)(=O)N4CCOCC4)cc3)cc21. The van der Waals surface area contributed by atoms with Gasteiger partial charge in [0.05, 0.1) is 36.0 Å². The van der Waals surface area contributed by atoms with E-state index >= 15 is 0 Å². The number of anilines is 2. The maximum Gasteiger partial charge on any atom is 0.268 e. The van der Waals surface area contributed by atoms with Crippen molar-refractivity contribution in [2.45, 2.75) is 38.3 Å². The highest BCUT2D eigenvalue weighted by Gasteiger charge is 2.33. The third kappa shape index (κ3) is 4.89. The summed E-state index contributed by atoms with van der Waals surface area (Å²) < 4.78 is 43.3. The van der Waals surface area contributed by atoms with Gasteiger partial charge < -0.3 is 24.2 Å². The number of aromatic nitrogens is 1. The van der Waals surface area contributed by atoms with Crippen LogP contribution in [0.2, 0.25) is 0 Å². The van der Waals surface area contributed by atoms with Gasteiger partial charge in [-0.3, -0.25) is 9.59 Å². The van der Waals surface area contributed by atoms with Crippen molar-refractivity contribution >= 4 is 33.2 Å². The fourth-order valence-electron chi connectivity index (χ4n) is 4.45. The van der Waals surface area contributed by atoms with Gasteiger partial charge in [-0.1, -0.05) is 5.16 Å². The van der Waals surface area contributed by atoms with Crippen LogP contribution in [0.15, 0.2) is 51.9 Å². The second-order valence-corrected chi connectivity index (χ2v) is 11.1. The summed E-state index contributed by atoms with van der Waals surface area (Å²) in [5.74, 6) is 0.492. The van der Waals surface area contributed by atoms with Crippen LogP contribution in [-0.2, 0) is 26.1 Å². The minimum absolute atomic E-state index is 0.115. The Kier molecular flexibility index (Phi) is 6.95. The molecule has 0 bridgehead atoms. The van der Waals surface area contributed by atoms with E-state index in [0.717, 1.165) is 5.56 Å². The van der Waals surface area contributed by atoms with E-state index in [2.05, 4.69) is 10.5 Å². The summed E-state index contributed by atoms with van der Waals surface area (Å²) in [6, 6.07) is 10.8. The molecular formula is C26H28N4O7S. The lowest BCUT2D eigenvalue weighted by Crippen LogP contribution is -2.44. The quantitative estimate of drug-likeness (QED) is 0.505.